The highest BCUT2D eigenvalue weighted by molar-refractivity contribution is 7.89. The van der Waals surface area contributed by atoms with Crippen molar-refractivity contribution in [3.8, 4) is 0 Å². The molecule has 0 saturated carbocycles. The van der Waals surface area contributed by atoms with Crippen molar-refractivity contribution < 1.29 is 12.9 Å². The molecule has 1 fully saturated rings. The van der Waals surface area contributed by atoms with E-state index >= 15 is 0 Å². The molecule has 1 aliphatic heterocycles. The largest absolute Gasteiger partial charge is 0.368 e. The van der Waals surface area contributed by atoms with Crippen LogP contribution in [0.15, 0.2) is 27.6 Å². The Kier molecular flexibility index (Phi) is 4.88. The van der Waals surface area contributed by atoms with Crippen LogP contribution in [0.25, 0.3) is 0 Å². The highest BCUT2D eigenvalue weighted by atomic mass is 32.2. The van der Waals surface area contributed by atoms with Crippen LogP contribution >= 0.6 is 0 Å². The van der Waals surface area contributed by atoms with Crippen LogP contribution in [-0.2, 0) is 16.4 Å². The zero-order valence-corrected chi connectivity index (χ0v) is 16.1. The Bertz CT molecular complexity index is 846. The van der Waals surface area contributed by atoms with Crippen LogP contribution in [0.4, 0.5) is 5.69 Å². The summed E-state index contributed by atoms with van der Waals surface area (Å²) < 4.78 is 32.4. The molecule has 1 aliphatic rings. The lowest BCUT2D eigenvalue weighted by molar-refractivity contribution is 0.378. The molecule has 3 rings (SSSR count). The van der Waals surface area contributed by atoms with E-state index in [0.717, 1.165) is 6.42 Å². The number of para-hydroxylation sites is 1. The first kappa shape index (κ1) is 17.9. The molecule has 0 unspecified atom stereocenters. The van der Waals surface area contributed by atoms with Gasteiger partial charge in [-0.15, -0.1) is 0 Å². The first-order valence-electron chi connectivity index (χ1n) is 8.62. The summed E-state index contributed by atoms with van der Waals surface area (Å²) in [4.78, 5) is 2.51. The maximum absolute atomic E-state index is 12.9. The molecule has 25 heavy (non-hydrogen) atoms. The van der Waals surface area contributed by atoms with Gasteiger partial charge in [0.1, 0.15) is 10.6 Å². The molecule has 0 spiro atoms. The second-order valence-corrected chi connectivity index (χ2v) is 8.36. The van der Waals surface area contributed by atoms with Crippen molar-refractivity contribution in [2.75, 3.05) is 31.1 Å². The zero-order valence-electron chi connectivity index (χ0n) is 15.2. The van der Waals surface area contributed by atoms with Crippen molar-refractivity contribution in [3.05, 3.63) is 40.8 Å². The zero-order chi connectivity index (χ0) is 18.2. The van der Waals surface area contributed by atoms with Crippen molar-refractivity contribution in [2.24, 2.45) is 0 Å². The molecule has 1 saturated heterocycles. The Hall–Kier alpha value is -1.86. The van der Waals surface area contributed by atoms with Gasteiger partial charge in [-0.25, -0.2) is 8.42 Å². The standard InChI is InChI=1S/C18H25N3O3S/c1-5-16-8-6-7-13(2)17(16)20-9-11-21(12-10-20)25(22,23)18-14(3)19-24-15(18)4/h6-8H,5,9-12H2,1-4H3. The van der Waals surface area contributed by atoms with Gasteiger partial charge in [0, 0.05) is 31.9 Å². The Labute approximate surface area is 149 Å². The number of nitrogens with zero attached hydrogens (tertiary/aromatic N) is 3. The van der Waals surface area contributed by atoms with Crippen molar-refractivity contribution in [3.63, 3.8) is 0 Å². The number of rotatable bonds is 4. The van der Waals surface area contributed by atoms with Gasteiger partial charge < -0.3 is 9.42 Å². The van der Waals surface area contributed by atoms with Gasteiger partial charge in [0.2, 0.25) is 10.0 Å². The molecule has 1 aromatic heterocycles. The van der Waals surface area contributed by atoms with Crippen LogP contribution in [0.1, 0.15) is 29.5 Å². The number of hydrogen-bond donors (Lipinski definition) is 0. The molecule has 0 atom stereocenters. The quantitative estimate of drug-likeness (QED) is 0.835. The van der Waals surface area contributed by atoms with Gasteiger partial charge in [0.15, 0.2) is 5.76 Å². The molecule has 7 heteroatoms. The summed E-state index contributed by atoms with van der Waals surface area (Å²) in [7, 11) is -3.56. The van der Waals surface area contributed by atoms with Crippen LogP contribution < -0.4 is 4.90 Å². The Balaban J connectivity index is 1.81. The highest BCUT2D eigenvalue weighted by Crippen LogP contribution is 2.29. The lowest BCUT2D eigenvalue weighted by Gasteiger charge is -2.37. The molecule has 2 aromatic rings. The number of anilines is 1. The summed E-state index contributed by atoms with van der Waals surface area (Å²) in [5, 5.41) is 3.78. The number of aryl methyl sites for hydroxylation is 4. The number of hydrogen-bond acceptors (Lipinski definition) is 5. The summed E-state index contributed by atoms with van der Waals surface area (Å²) in [6.07, 6.45) is 0.967. The number of piperazine rings is 1. The van der Waals surface area contributed by atoms with E-state index in [1.54, 1.807) is 18.2 Å². The van der Waals surface area contributed by atoms with Gasteiger partial charge in [-0.1, -0.05) is 30.3 Å². The molecule has 0 amide bonds. The summed E-state index contributed by atoms with van der Waals surface area (Å²) in [5.74, 6) is 0.354. The van der Waals surface area contributed by atoms with Gasteiger partial charge in [0.25, 0.3) is 0 Å². The number of aromatic nitrogens is 1. The van der Waals surface area contributed by atoms with E-state index in [9.17, 15) is 8.42 Å². The van der Waals surface area contributed by atoms with Crippen LogP contribution in [0.2, 0.25) is 0 Å². The first-order valence-corrected chi connectivity index (χ1v) is 10.1. The molecule has 6 nitrogen and oxygen atoms in total. The molecule has 0 radical (unpaired) electrons. The van der Waals surface area contributed by atoms with E-state index in [-0.39, 0.29) is 4.90 Å². The third-order valence-electron chi connectivity index (χ3n) is 4.82. The van der Waals surface area contributed by atoms with E-state index in [1.807, 2.05) is 0 Å². The maximum atomic E-state index is 12.9. The third kappa shape index (κ3) is 3.18. The van der Waals surface area contributed by atoms with E-state index < -0.39 is 10.0 Å². The minimum atomic E-state index is -3.56. The van der Waals surface area contributed by atoms with Gasteiger partial charge in [-0.2, -0.15) is 4.31 Å². The second-order valence-electron chi connectivity index (χ2n) is 6.48. The van der Waals surface area contributed by atoms with Crippen molar-refractivity contribution in [1.29, 1.82) is 0 Å². The molecule has 1 aromatic carbocycles. The van der Waals surface area contributed by atoms with E-state index in [1.165, 1.54) is 16.8 Å². The van der Waals surface area contributed by atoms with Crippen LogP contribution in [-0.4, -0.2) is 44.1 Å². The van der Waals surface area contributed by atoms with Gasteiger partial charge in [-0.05, 0) is 38.3 Å². The lowest BCUT2D eigenvalue weighted by atomic mass is 10.0. The summed E-state index contributed by atoms with van der Waals surface area (Å²) >= 11 is 0. The van der Waals surface area contributed by atoms with Crippen molar-refractivity contribution >= 4 is 15.7 Å². The predicted octanol–water partition coefficient (Wildman–Crippen LogP) is 2.67. The molecular weight excluding hydrogens is 338 g/mol. The average molecular weight is 363 g/mol. The summed E-state index contributed by atoms with van der Waals surface area (Å²) in [5.41, 5.74) is 4.22. The predicted molar refractivity (Wildman–Crippen MR) is 97.5 cm³/mol. The SMILES string of the molecule is CCc1cccc(C)c1N1CCN(S(=O)(=O)c2c(C)noc2C)CC1. The molecule has 2 heterocycles. The van der Waals surface area contributed by atoms with E-state index in [0.29, 0.717) is 37.6 Å². The van der Waals surface area contributed by atoms with E-state index in [4.69, 9.17) is 4.52 Å². The van der Waals surface area contributed by atoms with Crippen molar-refractivity contribution in [1.82, 2.24) is 9.46 Å². The van der Waals surface area contributed by atoms with Crippen LogP contribution in [0.3, 0.4) is 0 Å². The number of benzene rings is 1. The fraction of sp³-hybridized carbons (Fsp3) is 0.500. The summed E-state index contributed by atoms with van der Waals surface area (Å²) in [6, 6.07) is 6.34. The molecular formula is C18H25N3O3S. The Morgan fingerprint density at radius 2 is 1.80 bits per heavy atom. The molecule has 136 valence electrons. The third-order valence-corrected chi connectivity index (χ3v) is 6.97. The van der Waals surface area contributed by atoms with Gasteiger partial charge >= 0.3 is 0 Å². The average Bonchev–Trinajstić information content (AvgIpc) is 2.94. The van der Waals surface area contributed by atoms with Crippen LogP contribution in [0.5, 0.6) is 0 Å². The fourth-order valence-electron chi connectivity index (χ4n) is 3.58. The topological polar surface area (TPSA) is 66.7 Å². The summed E-state index contributed by atoms with van der Waals surface area (Å²) in [6.45, 7) is 9.86. The Morgan fingerprint density at radius 3 is 2.36 bits per heavy atom. The van der Waals surface area contributed by atoms with Crippen LogP contribution in [0, 0.1) is 20.8 Å². The molecule has 0 aliphatic carbocycles. The number of sulfonamides is 1. The highest BCUT2D eigenvalue weighted by Gasteiger charge is 2.33. The van der Waals surface area contributed by atoms with Gasteiger partial charge in [0.05, 0.1) is 0 Å². The van der Waals surface area contributed by atoms with Crippen molar-refractivity contribution in [2.45, 2.75) is 39.0 Å². The fourth-order valence-corrected chi connectivity index (χ4v) is 5.29. The van der Waals surface area contributed by atoms with Gasteiger partial charge in [-0.3, -0.25) is 0 Å². The molecule has 0 N–H and O–H groups in total. The molecule has 0 bridgehead atoms. The monoisotopic (exact) mass is 363 g/mol. The normalized spacial score (nSPS) is 16.4. The van der Waals surface area contributed by atoms with E-state index in [2.05, 4.69) is 42.1 Å². The minimum absolute atomic E-state index is 0.214. The maximum Gasteiger partial charge on any atom is 0.248 e. The minimum Gasteiger partial charge on any atom is -0.368 e. The first-order chi connectivity index (χ1) is 11.9. The smallest absolute Gasteiger partial charge is 0.248 e. The lowest BCUT2D eigenvalue weighted by Crippen LogP contribution is -2.49. The Morgan fingerprint density at radius 1 is 1.12 bits per heavy atom. The second kappa shape index (κ2) is 6.80.